The smallest absolute Gasteiger partial charge is 0.378 e. The number of rotatable bonds is 3. The van der Waals surface area contributed by atoms with Crippen LogP contribution in [0.25, 0.3) is 0 Å². The molecule has 20 heavy (non-hydrogen) atoms. The number of nitrogens with zero attached hydrogens (tertiary/aromatic N) is 1. The van der Waals surface area contributed by atoms with Gasteiger partial charge in [-0.25, -0.2) is 0 Å². The van der Waals surface area contributed by atoms with E-state index in [1.54, 1.807) is 25.4 Å². The third kappa shape index (κ3) is 3.29. The van der Waals surface area contributed by atoms with Gasteiger partial charge in [-0.3, -0.25) is 4.98 Å². The molecule has 106 valence electrons. The first-order valence-corrected chi connectivity index (χ1v) is 6.22. The number of alkyl halides is 3. The predicted molar refractivity (Wildman–Crippen MR) is 72.5 cm³/mol. The van der Waals surface area contributed by atoms with Crippen molar-refractivity contribution in [1.29, 1.82) is 0 Å². The topological polar surface area (TPSA) is 24.9 Å². The first-order chi connectivity index (χ1) is 9.38. The molecular weight excluding hydrogens is 265 g/mol. The molecule has 1 aromatic heterocycles. The molecule has 0 amide bonds. The van der Waals surface area contributed by atoms with Gasteiger partial charge < -0.3 is 5.32 Å². The fourth-order valence-electron chi connectivity index (χ4n) is 1.90. The van der Waals surface area contributed by atoms with E-state index in [0.717, 1.165) is 23.3 Å². The highest BCUT2D eigenvalue weighted by molar-refractivity contribution is 5.54. The lowest BCUT2D eigenvalue weighted by molar-refractivity contribution is -0.137. The lowest BCUT2D eigenvalue weighted by Crippen LogP contribution is -2.10. The number of pyridine rings is 1. The second kappa shape index (κ2) is 5.53. The molecule has 1 unspecified atom stereocenters. The Morgan fingerprint density at radius 1 is 1.20 bits per heavy atom. The van der Waals surface area contributed by atoms with Crippen molar-refractivity contribution in [2.24, 2.45) is 0 Å². The largest absolute Gasteiger partial charge is 0.416 e. The second-order valence-corrected chi connectivity index (χ2v) is 4.68. The summed E-state index contributed by atoms with van der Waals surface area (Å²) in [5.41, 5.74) is 1.53. The summed E-state index contributed by atoms with van der Waals surface area (Å²) >= 11 is 0. The first-order valence-electron chi connectivity index (χ1n) is 6.22. The van der Waals surface area contributed by atoms with Gasteiger partial charge in [0.25, 0.3) is 0 Å². The molecule has 1 aromatic carbocycles. The van der Waals surface area contributed by atoms with Gasteiger partial charge in [-0.2, -0.15) is 13.2 Å². The normalized spacial score (nSPS) is 13.1. The molecule has 0 spiro atoms. The van der Waals surface area contributed by atoms with Crippen LogP contribution in [0.1, 0.15) is 29.7 Å². The Labute approximate surface area is 115 Å². The lowest BCUT2D eigenvalue weighted by Gasteiger charge is -2.18. The molecule has 1 N–H and O–H groups in total. The summed E-state index contributed by atoms with van der Waals surface area (Å²) in [5.74, 6) is 0. The van der Waals surface area contributed by atoms with Crippen molar-refractivity contribution in [3.63, 3.8) is 0 Å². The van der Waals surface area contributed by atoms with Crippen LogP contribution in [-0.4, -0.2) is 4.98 Å². The molecule has 0 saturated heterocycles. The second-order valence-electron chi connectivity index (χ2n) is 4.68. The maximum absolute atomic E-state index is 12.7. The minimum atomic E-state index is -4.33. The van der Waals surface area contributed by atoms with Crippen molar-refractivity contribution in [2.45, 2.75) is 26.1 Å². The van der Waals surface area contributed by atoms with Gasteiger partial charge in [0.15, 0.2) is 0 Å². The zero-order valence-electron chi connectivity index (χ0n) is 11.2. The van der Waals surface area contributed by atoms with Crippen molar-refractivity contribution in [1.82, 2.24) is 4.98 Å². The number of anilines is 1. The first kappa shape index (κ1) is 14.4. The van der Waals surface area contributed by atoms with Crippen LogP contribution in [0.15, 0.2) is 42.7 Å². The van der Waals surface area contributed by atoms with E-state index in [-0.39, 0.29) is 6.04 Å². The van der Waals surface area contributed by atoms with Crippen LogP contribution in [0.5, 0.6) is 0 Å². The van der Waals surface area contributed by atoms with Gasteiger partial charge in [0.05, 0.1) is 11.6 Å². The number of aryl methyl sites for hydroxylation is 1. The molecule has 0 aliphatic carbocycles. The van der Waals surface area contributed by atoms with Gasteiger partial charge in [-0.1, -0.05) is 12.1 Å². The monoisotopic (exact) mass is 280 g/mol. The Morgan fingerprint density at radius 2 is 1.95 bits per heavy atom. The Morgan fingerprint density at radius 3 is 2.55 bits per heavy atom. The van der Waals surface area contributed by atoms with E-state index >= 15 is 0 Å². The van der Waals surface area contributed by atoms with Crippen LogP contribution in [0.3, 0.4) is 0 Å². The summed E-state index contributed by atoms with van der Waals surface area (Å²) in [4.78, 5) is 4.01. The minimum absolute atomic E-state index is 0.120. The highest BCUT2D eigenvalue weighted by Crippen LogP contribution is 2.33. The number of hydrogen-bond donors (Lipinski definition) is 1. The third-order valence-electron chi connectivity index (χ3n) is 3.12. The van der Waals surface area contributed by atoms with Crippen molar-refractivity contribution < 1.29 is 13.2 Å². The van der Waals surface area contributed by atoms with E-state index in [9.17, 15) is 13.2 Å². The van der Waals surface area contributed by atoms with E-state index in [1.165, 1.54) is 6.07 Å². The minimum Gasteiger partial charge on any atom is -0.378 e. The van der Waals surface area contributed by atoms with Crippen LogP contribution < -0.4 is 5.32 Å². The van der Waals surface area contributed by atoms with Gasteiger partial charge in [0, 0.05) is 18.1 Å². The Balaban J connectivity index is 2.25. The average molecular weight is 280 g/mol. The molecule has 0 radical (unpaired) electrons. The average Bonchev–Trinajstić information content (AvgIpc) is 2.41. The fraction of sp³-hybridized carbons (Fsp3) is 0.267. The Kier molecular flexibility index (Phi) is 3.97. The van der Waals surface area contributed by atoms with Crippen LogP contribution in [-0.2, 0) is 6.18 Å². The zero-order valence-corrected chi connectivity index (χ0v) is 11.2. The van der Waals surface area contributed by atoms with Crippen LogP contribution in [0.4, 0.5) is 18.9 Å². The van der Waals surface area contributed by atoms with Gasteiger partial charge in [0.2, 0.25) is 0 Å². The molecular formula is C15H15F3N2. The maximum Gasteiger partial charge on any atom is 0.416 e. The van der Waals surface area contributed by atoms with Crippen molar-refractivity contribution in [3.8, 4) is 0 Å². The summed E-state index contributed by atoms with van der Waals surface area (Å²) in [6.07, 6.45) is -0.978. The molecule has 0 saturated carbocycles. The quantitative estimate of drug-likeness (QED) is 0.890. The molecule has 5 heteroatoms. The Bertz CT molecular complexity index is 579. The van der Waals surface area contributed by atoms with E-state index < -0.39 is 11.7 Å². The molecule has 0 fully saturated rings. The van der Waals surface area contributed by atoms with E-state index in [1.807, 2.05) is 13.0 Å². The van der Waals surface area contributed by atoms with E-state index in [4.69, 9.17) is 0 Å². The van der Waals surface area contributed by atoms with E-state index in [2.05, 4.69) is 10.3 Å². The molecule has 0 bridgehead atoms. The number of nitrogens with one attached hydrogen (secondary N) is 1. The lowest BCUT2D eigenvalue weighted by atomic mass is 10.1. The molecule has 0 aliphatic heterocycles. The van der Waals surface area contributed by atoms with Gasteiger partial charge in [0.1, 0.15) is 0 Å². The predicted octanol–water partition coefficient (Wildman–Crippen LogP) is 4.58. The van der Waals surface area contributed by atoms with Crippen LogP contribution >= 0.6 is 0 Å². The van der Waals surface area contributed by atoms with Crippen molar-refractivity contribution >= 4 is 5.69 Å². The summed E-state index contributed by atoms with van der Waals surface area (Å²) in [5, 5.41) is 3.10. The Hall–Kier alpha value is -2.04. The van der Waals surface area contributed by atoms with E-state index in [0.29, 0.717) is 5.69 Å². The SMILES string of the molecule is Cc1ccc(C(F)(F)F)cc1NC(C)c1cccnc1. The third-order valence-corrected chi connectivity index (χ3v) is 3.12. The standard InChI is InChI=1S/C15H15F3N2/c1-10-5-6-13(15(16,17)18)8-14(10)20-11(2)12-4-3-7-19-9-12/h3-9,11,20H,1-2H3. The van der Waals surface area contributed by atoms with Gasteiger partial charge in [-0.05, 0) is 43.2 Å². The number of benzene rings is 1. The highest BCUT2D eigenvalue weighted by atomic mass is 19.4. The van der Waals surface area contributed by atoms with Crippen LogP contribution in [0.2, 0.25) is 0 Å². The van der Waals surface area contributed by atoms with Crippen LogP contribution in [0, 0.1) is 6.92 Å². The molecule has 0 aliphatic rings. The summed E-state index contributed by atoms with van der Waals surface area (Å²) in [7, 11) is 0. The number of halogens is 3. The molecule has 1 heterocycles. The molecule has 2 aromatic rings. The number of aromatic nitrogens is 1. The van der Waals surface area contributed by atoms with Crippen molar-refractivity contribution in [3.05, 3.63) is 59.4 Å². The number of hydrogen-bond acceptors (Lipinski definition) is 2. The molecule has 2 rings (SSSR count). The summed E-state index contributed by atoms with van der Waals surface area (Å²) < 4.78 is 38.2. The zero-order chi connectivity index (χ0) is 14.8. The molecule has 2 nitrogen and oxygen atoms in total. The van der Waals surface area contributed by atoms with Crippen molar-refractivity contribution in [2.75, 3.05) is 5.32 Å². The summed E-state index contributed by atoms with van der Waals surface area (Å²) in [6, 6.07) is 7.27. The molecule has 1 atom stereocenters. The summed E-state index contributed by atoms with van der Waals surface area (Å²) in [6.45, 7) is 3.66. The van der Waals surface area contributed by atoms with Gasteiger partial charge in [-0.15, -0.1) is 0 Å². The fourth-order valence-corrected chi connectivity index (χ4v) is 1.90. The maximum atomic E-state index is 12.7. The highest BCUT2D eigenvalue weighted by Gasteiger charge is 2.30. The van der Waals surface area contributed by atoms with Gasteiger partial charge >= 0.3 is 6.18 Å².